The van der Waals surface area contributed by atoms with Crippen LogP contribution in [0.25, 0.3) is 0 Å². The summed E-state index contributed by atoms with van der Waals surface area (Å²) in [6.45, 7) is 6.41. The van der Waals surface area contributed by atoms with Crippen molar-refractivity contribution in [2.24, 2.45) is 0 Å². The molecule has 0 aliphatic heterocycles. The van der Waals surface area contributed by atoms with Crippen molar-refractivity contribution in [2.75, 3.05) is 0 Å². The van der Waals surface area contributed by atoms with Crippen LogP contribution in [0.3, 0.4) is 0 Å². The summed E-state index contributed by atoms with van der Waals surface area (Å²) in [7, 11) is 0. The normalized spacial score (nSPS) is 13.9. The molecule has 0 bridgehead atoms. The van der Waals surface area contributed by atoms with Gasteiger partial charge < -0.3 is 10.4 Å². The van der Waals surface area contributed by atoms with Crippen molar-refractivity contribution < 1.29 is 5.11 Å². The first-order valence-electron chi connectivity index (χ1n) is 5.20. The van der Waals surface area contributed by atoms with E-state index in [1.165, 1.54) is 0 Å². The average Bonchev–Trinajstić information content (AvgIpc) is 2.20. The molecule has 0 radical (unpaired) electrons. The van der Waals surface area contributed by atoms with Gasteiger partial charge in [0, 0.05) is 16.6 Å². The van der Waals surface area contributed by atoms with E-state index in [1.54, 1.807) is 6.92 Å². The second-order valence-corrected chi connectivity index (χ2v) is 5.76. The summed E-state index contributed by atoms with van der Waals surface area (Å²) in [4.78, 5) is 0. The van der Waals surface area contributed by atoms with Crippen LogP contribution in [-0.4, -0.2) is 16.7 Å². The fourth-order valence-corrected chi connectivity index (χ4v) is 1.58. The van der Waals surface area contributed by atoms with Crippen LogP contribution in [0, 0.1) is 0 Å². The molecule has 1 aromatic rings. The van der Waals surface area contributed by atoms with Crippen LogP contribution in [0.2, 0.25) is 5.02 Å². The number of rotatable bonds is 4. The zero-order chi connectivity index (χ0) is 12.3. The Hall–Kier alpha value is -0.0900. The van der Waals surface area contributed by atoms with Gasteiger partial charge in [-0.05, 0) is 54.4 Å². The summed E-state index contributed by atoms with van der Waals surface area (Å²) in [5.41, 5.74) is 0.793. The molecular formula is C12H17BrClNO. The van der Waals surface area contributed by atoms with Gasteiger partial charge in [0.15, 0.2) is 0 Å². The Bertz CT molecular complexity index is 366. The van der Waals surface area contributed by atoms with E-state index in [0.29, 0.717) is 11.6 Å². The van der Waals surface area contributed by atoms with Gasteiger partial charge in [0.05, 0.1) is 11.1 Å². The molecule has 0 aliphatic rings. The highest BCUT2D eigenvalue weighted by Crippen LogP contribution is 2.23. The maximum atomic E-state index is 9.56. The van der Waals surface area contributed by atoms with Crippen LogP contribution in [-0.2, 0) is 6.54 Å². The number of hydrogen-bond donors (Lipinski definition) is 2. The van der Waals surface area contributed by atoms with Crippen LogP contribution in [0.4, 0.5) is 0 Å². The maximum Gasteiger partial charge on any atom is 0.0688 e. The van der Waals surface area contributed by atoms with Crippen LogP contribution in [0.5, 0.6) is 0 Å². The van der Waals surface area contributed by atoms with E-state index in [1.807, 2.05) is 32.0 Å². The highest BCUT2D eigenvalue weighted by molar-refractivity contribution is 9.10. The lowest BCUT2D eigenvalue weighted by molar-refractivity contribution is 0.0956. The van der Waals surface area contributed by atoms with E-state index in [0.717, 1.165) is 10.0 Å². The molecule has 1 rings (SSSR count). The Morgan fingerprint density at radius 3 is 2.62 bits per heavy atom. The molecule has 4 heteroatoms. The standard InChI is InChI=1S/C12H17BrClNO/c1-8(16)12(2,3)15-7-9-4-5-10(13)11(14)6-9/h4-6,8,15-16H,7H2,1-3H3. The van der Waals surface area contributed by atoms with Gasteiger partial charge in [-0.1, -0.05) is 17.7 Å². The summed E-state index contributed by atoms with van der Waals surface area (Å²) >= 11 is 9.35. The highest BCUT2D eigenvalue weighted by atomic mass is 79.9. The summed E-state index contributed by atoms with van der Waals surface area (Å²) in [5.74, 6) is 0. The second-order valence-electron chi connectivity index (χ2n) is 4.50. The SMILES string of the molecule is CC(O)C(C)(C)NCc1ccc(Br)c(Cl)c1. The number of hydrogen-bond acceptors (Lipinski definition) is 2. The molecule has 0 fully saturated rings. The minimum absolute atomic E-state index is 0.306. The lowest BCUT2D eigenvalue weighted by Crippen LogP contribution is -2.47. The van der Waals surface area contributed by atoms with E-state index < -0.39 is 6.10 Å². The average molecular weight is 307 g/mol. The molecule has 2 N–H and O–H groups in total. The summed E-state index contributed by atoms with van der Waals surface area (Å²) in [6, 6.07) is 5.84. The van der Waals surface area contributed by atoms with E-state index in [2.05, 4.69) is 21.2 Å². The predicted octanol–water partition coefficient (Wildman–Crippen LogP) is 3.35. The lowest BCUT2D eigenvalue weighted by atomic mass is 9.98. The van der Waals surface area contributed by atoms with Crippen molar-refractivity contribution in [3.05, 3.63) is 33.3 Å². The predicted molar refractivity (Wildman–Crippen MR) is 71.8 cm³/mol. The van der Waals surface area contributed by atoms with Crippen LogP contribution in [0.1, 0.15) is 26.3 Å². The Morgan fingerprint density at radius 1 is 1.50 bits per heavy atom. The van der Waals surface area contributed by atoms with Gasteiger partial charge in [-0.2, -0.15) is 0 Å². The third-order valence-corrected chi connectivity index (χ3v) is 4.01. The molecule has 0 amide bonds. The van der Waals surface area contributed by atoms with Crippen LogP contribution >= 0.6 is 27.5 Å². The van der Waals surface area contributed by atoms with Gasteiger partial charge in [0.1, 0.15) is 0 Å². The van der Waals surface area contributed by atoms with Gasteiger partial charge in [0.2, 0.25) is 0 Å². The van der Waals surface area contributed by atoms with E-state index in [9.17, 15) is 5.11 Å². The minimum Gasteiger partial charge on any atom is -0.392 e. The first kappa shape index (κ1) is 14.0. The zero-order valence-electron chi connectivity index (χ0n) is 9.72. The van der Waals surface area contributed by atoms with Crippen molar-refractivity contribution in [3.63, 3.8) is 0 Å². The third kappa shape index (κ3) is 3.74. The van der Waals surface area contributed by atoms with E-state index in [4.69, 9.17) is 11.6 Å². The van der Waals surface area contributed by atoms with Crippen molar-refractivity contribution in [1.82, 2.24) is 5.32 Å². The topological polar surface area (TPSA) is 32.3 Å². The second kappa shape index (κ2) is 5.50. The molecule has 1 aromatic carbocycles. The molecule has 1 atom stereocenters. The Balaban J connectivity index is 2.65. The quantitative estimate of drug-likeness (QED) is 0.894. The first-order valence-corrected chi connectivity index (χ1v) is 6.37. The molecule has 0 aromatic heterocycles. The molecule has 0 heterocycles. The first-order chi connectivity index (χ1) is 7.33. The van der Waals surface area contributed by atoms with Gasteiger partial charge >= 0.3 is 0 Å². The third-order valence-electron chi connectivity index (χ3n) is 2.78. The fourth-order valence-electron chi connectivity index (χ4n) is 1.13. The van der Waals surface area contributed by atoms with Crippen molar-refractivity contribution in [3.8, 4) is 0 Å². The number of nitrogens with one attached hydrogen (secondary N) is 1. The van der Waals surface area contributed by atoms with Crippen LogP contribution < -0.4 is 5.32 Å². The lowest BCUT2D eigenvalue weighted by Gasteiger charge is -2.29. The van der Waals surface area contributed by atoms with Gasteiger partial charge in [-0.25, -0.2) is 0 Å². The monoisotopic (exact) mass is 305 g/mol. The largest absolute Gasteiger partial charge is 0.392 e. The Labute approximate surface area is 110 Å². The van der Waals surface area contributed by atoms with Crippen molar-refractivity contribution in [2.45, 2.75) is 39.0 Å². The number of benzene rings is 1. The molecular weight excluding hydrogens is 289 g/mol. The van der Waals surface area contributed by atoms with E-state index in [-0.39, 0.29) is 5.54 Å². The Kier molecular flexibility index (Phi) is 4.80. The molecule has 0 spiro atoms. The molecule has 0 saturated heterocycles. The van der Waals surface area contributed by atoms with Crippen molar-refractivity contribution in [1.29, 1.82) is 0 Å². The van der Waals surface area contributed by atoms with Crippen LogP contribution in [0.15, 0.2) is 22.7 Å². The number of aliphatic hydroxyl groups excluding tert-OH is 1. The van der Waals surface area contributed by atoms with Gasteiger partial charge in [-0.15, -0.1) is 0 Å². The summed E-state index contributed by atoms with van der Waals surface area (Å²) in [5, 5.41) is 13.6. The molecule has 0 aliphatic carbocycles. The molecule has 2 nitrogen and oxygen atoms in total. The number of halogens is 2. The smallest absolute Gasteiger partial charge is 0.0688 e. The highest BCUT2D eigenvalue weighted by Gasteiger charge is 2.22. The molecule has 1 unspecified atom stereocenters. The molecule has 0 saturated carbocycles. The summed E-state index contributed by atoms with van der Waals surface area (Å²) < 4.78 is 0.896. The van der Waals surface area contributed by atoms with Gasteiger partial charge in [0.25, 0.3) is 0 Å². The minimum atomic E-state index is -0.404. The van der Waals surface area contributed by atoms with Crippen molar-refractivity contribution >= 4 is 27.5 Å². The molecule has 90 valence electrons. The number of aliphatic hydroxyl groups is 1. The fraction of sp³-hybridized carbons (Fsp3) is 0.500. The molecule has 16 heavy (non-hydrogen) atoms. The Morgan fingerprint density at radius 2 is 2.12 bits per heavy atom. The maximum absolute atomic E-state index is 9.56. The summed E-state index contributed by atoms with van der Waals surface area (Å²) in [6.07, 6.45) is -0.404. The zero-order valence-corrected chi connectivity index (χ0v) is 12.1. The van der Waals surface area contributed by atoms with E-state index >= 15 is 0 Å². The van der Waals surface area contributed by atoms with Gasteiger partial charge in [-0.3, -0.25) is 0 Å².